The molecule has 0 saturated carbocycles. The second-order valence-electron chi connectivity index (χ2n) is 2.27. The van der Waals surface area contributed by atoms with Crippen LogP contribution in [-0.2, 0) is 4.79 Å². The Hall–Kier alpha value is -1.85. The van der Waals surface area contributed by atoms with Crippen LogP contribution >= 0.6 is 0 Å². The number of hydrogen-bond acceptors (Lipinski definition) is 5. The first-order valence-electron chi connectivity index (χ1n) is 3.36. The maximum absolute atomic E-state index is 10.9. The average molecular weight is 163 g/mol. The van der Waals surface area contributed by atoms with E-state index in [0.717, 1.165) is 0 Å². The molecule has 0 spiro atoms. The number of aromatic amines is 1. The Morgan fingerprint density at radius 2 is 2.42 bits per heavy atom. The maximum Gasteiger partial charge on any atom is 0.219 e. The van der Waals surface area contributed by atoms with Gasteiger partial charge in [0.25, 0.3) is 0 Å². The minimum atomic E-state index is 0.00444. The zero-order valence-electron chi connectivity index (χ0n) is 6.06. The number of hydrogen-bond donors (Lipinski definition) is 1. The van der Waals surface area contributed by atoms with E-state index in [0.29, 0.717) is 11.5 Å². The predicted molar refractivity (Wildman–Crippen MR) is 39.5 cm³/mol. The van der Waals surface area contributed by atoms with E-state index in [4.69, 9.17) is 0 Å². The molecule has 0 bridgehead atoms. The second-order valence-corrected chi connectivity index (χ2v) is 2.27. The number of allylic oxidation sites excluding steroid dienone is 1. The Bertz CT molecular complexity index is 350. The lowest BCUT2D eigenvalue weighted by Crippen LogP contribution is -2.11. The molecular weight excluding hydrogens is 158 g/mol. The van der Waals surface area contributed by atoms with E-state index in [1.165, 1.54) is 12.3 Å². The first kappa shape index (κ1) is 6.84. The van der Waals surface area contributed by atoms with E-state index in [9.17, 15) is 4.79 Å². The van der Waals surface area contributed by atoms with Gasteiger partial charge in [-0.1, -0.05) is 0 Å². The van der Waals surface area contributed by atoms with Crippen LogP contribution in [0.3, 0.4) is 0 Å². The maximum atomic E-state index is 10.9. The number of aliphatic imine (C=N–C) groups is 1. The van der Waals surface area contributed by atoms with Gasteiger partial charge in [-0.25, -0.2) is 0 Å². The van der Waals surface area contributed by atoms with Crippen molar-refractivity contribution in [2.45, 2.75) is 6.42 Å². The van der Waals surface area contributed by atoms with Crippen LogP contribution in [0.5, 0.6) is 0 Å². The number of ketones is 1. The molecule has 1 aromatic heterocycles. The van der Waals surface area contributed by atoms with Gasteiger partial charge < -0.3 is 0 Å². The highest BCUT2D eigenvalue weighted by Gasteiger charge is 2.13. The van der Waals surface area contributed by atoms with Gasteiger partial charge >= 0.3 is 0 Å². The number of aromatic nitrogens is 4. The lowest BCUT2D eigenvalue weighted by Gasteiger charge is -2.00. The summed E-state index contributed by atoms with van der Waals surface area (Å²) in [6.45, 7) is 0. The molecule has 1 N–H and O–H groups in total. The summed E-state index contributed by atoms with van der Waals surface area (Å²) >= 11 is 0. The largest absolute Gasteiger partial charge is 0.294 e. The second kappa shape index (κ2) is 2.65. The highest BCUT2D eigenvalue weighted by molar-refractivity contribution is 6.14. The normalized spacial score (nSPS) is 16.3. The van der Waals surface area contributed by atoms with Crippen LogP contribution in [0.2, 0.25) is 0 Å². The SMILES string of the molecule is O=C1C=CN=C(c2nn[nH]n2)C1. The fourth-order valence-electron chi connectivity index (χ4n) is 0.901. The van der Waals surface area contributed by atoms with Crippen molar-refractivity contribution >= 4 is 11.5 Å². The van der Waals surface area contributed by atoms with E-state index < -0.39 is 0 Å². The molecule has 6 heteroatoms. The summed E-state index contributed by atoms with van der Waals surface area (Å²) in [6, 6.07) is 0. The number of tetrazole rings is 1. The Kier molecular flexibility index (Phi) is 1.51. The monoisotopic (exact) mass is 163 g/mol. The van der Waals surface area contributed by atoms with Gasteiger partial charge in [0.05, 0.1) is 12.1 Å². The summed E-state index contributed by atoms with van der Waals surface area (Å²) in [7, 11) is 0. The van der Waals surface area contributed by atoms with Gasteiger partial charge in [-0.05, 0) is 11.3 Å². The smallest absolute Gasteiger partial charge is 0.219 e. The van der Waals surface area contributed by atoms with Crippen molar-refractivity contribution in [3.8, 4) is 0 Å². The van der Waals surface area contributed by atoms with Crippen molar-refractivity contribution in [2.75, 3.05) is 0 Å². The highest BCUT2D eigenvalue weighted by atomic mass is 16.1. The third kappa shape index (κ3) is 1.14. The lowest BCUT2D eigenvalue weighted by atomic mass is 10.1. The molecule has 0 radical (unpaired) electrons. The third-order valence-electron chi connectivity index (χ3n) is 1.44. The van der Waals surface area contributed by atoms with Crippen LogP contribution < -0.4 is 0 Å². The Labute approximate surface area is 67.4 Å². The quantitative estimate of drug-likeness (QED) is 0.603. The zero-order valence-corrected chi connectivity index (χ0v) is 6.06. The van der Waals surface area contributed by atoms with Crippen LogP contribution in [0.4, 0.5) is 0 Å². The van der Waals surface area contributed by atoms with Crippen LogP contribution in [0.1, 0.15) is 12.2 Å². The molecule has 0 amide bonds. The molecule has 2 heterocycles. The zero-order chi connectivity index (χ0) is 8.39. The van der Waals surface area contributed by atoms with E-state index in [2.05, 4.69) is 25.6 Å². The van der Waals surface area contributed by atoms with Gasteiger partial charge in [0, 0.05) is 6.20 Å². The van der Waals surface area contributed by atoms with Crippen molar-refractivity contribution in [2.24, 2.45) is 4.99 Å². The average Bonchev–Trinajstić information content (AvgIpc) is 2.56. The molecule has 0 aromatic carbocycles. The van der Waals surface area contributed by atoms with Crippen molar-refractivity contribution in [1.82, 2.24) is 20.6 Å². The molecule has 1 aliphatic rings. The summed E-state index contributed by atoms with van der Waals surface area (Å²) in [5.74, 6) is 0.387. The van der Waals surface area contributed by atoms with Crippen molar-refractivity contribution in [3.05, 3.63) is 18.1 Å². The summed E-state index contributed by atoms with van der Waals surface area (Å²) < 4.78 is 0. The van der Waals surface area contributed by atoms with Gasteiger partial charge in [0.1, 0.15) is 0 Å². The lowest BCUT2D eigenvalue weighted by molar-refractivity contribution is -0.113. The number of H-pyrrole nitrogens is 1. The first-order valence-corrected chi connectivity index (χ1v) is 3.36. The molecule has 2 rings (SSSR count). The van der Waals surface area contributed by atoms with Crippen LogP contribution in [0, 0.1) is 0 Å². The van der Waals surface area contributed by atoms with E-state index in [1.807, 2.05) is 0 Å². The van der Waals surface area contributed by atoms with Gasteiger partial charge in [0.2, 0.25) is 5.82 Å². The van der Waals surface area contributed by atoms with Gasteiger partial charge in [-0.15, -0.1) is 10.2 Å². The van der Waals surface area contributed by atoms with Gasteiger partial charge in [-0.2, -0.15) is 5.21 Å². The van der Waals surface area contributed by atoms with Crippen LogP contribution in [0.15, 0.2) is 17.3 Å². The van der Waals surface area contributed by atoms with Gasteiger partial charge in [0.15, 0.2) is 5.78 Å². The number of carbonyl (C=O) groups excluding carboxylic acids is 1. The molecule has 6 nitrogen and oxygen atoms in total. The molecule has 1 aliphatic heterocycles. The number of nitrogens with zero attached hydrogens (tertiary/aromatic N) is 4. The van der Waals surface area contributed by atoms with Crippen molar-refractivity contribution < 1.29 is 4.79 Å². The molecule has 0 atom stereocenters. The molecule has 12 heavy (non-hydrogen) atoms. The number of rotatable bonds is 1. The van der Waals surface area contributed by atoms with Crippen LogP contribution in [0.25, 0.3) is 0 Å². The summed E-state index contributed by atoms with van der Waals surface area (Å²) in [5.41, 5.74) is 0.552. The molecule has 60 valence electrons. The number of nitrogens with one attached hydrogen (secondary N) is 1. The van der Waals surface area contributed by atoms with Crippen molar-refractivity contribution in [3.63, 3.8) is 0 Å². The van der Waals surface area contributed by atoms with E-state index in [1.54, 1.807) is 0 Å². The fourth-order valence-corrected chi connectivity index (χ4v) is 0.901. The molecule has 0 aliphatic carbocycles. The Balaban J connectivity index is 2.31. The Morgan fingerprint density at radius 3 is 3.08 bits per heavy atom. The Morgan fingerprint density at radius 1 is 1.50 bits per heavy atom. The summed E-state index contributed by atoms with van der Waals surface area (Å²) in [5, 5.41) is 13.1. The predicted octanol–water partition coefficient (Wildman–Crippen LogP) is -0.525. The number of carbonyl (C=O) groups is 1. The minimum absolute atomic E-state index is 0.00444. The molecular formula is C6H5N5O. The molecule has 0 fully saturated rings. The summed E-state index contributed by atoms with van der Waals surface area (Å²) in [4.78, 5) is 14.9. The molecule has 0 unspecified atom stereocenters. The standard InChI is InChI=1S/C6H5N5O/c12-4-1-2-7-5(3-4)6-8-10-11-9-6/h1-2H,3H2,(H,8,9,10,11). The molecule has 0 saturated heterocycles. The van der Waals surface area contributed by atoms with Crippen molar-refractivity contribution in [1.29, 1.82) is 0 Å². The van der Waals surface area contributed by atoms with Gasteiger partial charge in [-0.3, -0.25) is 9.79 Å². The minimum Gasteiger partial charge on any atom is -0.294 e. The van der Waals surface area contributed by atoms with E-state index >= 15 is 0 Å². The fraction of sp³-hybridized carbons (Fsp3) is 0.167. The topological polar surface area (TPSA) is 83.9 Å². The van der Waals surface area contributed by atoms with E-state index in [-0.39, 0.29) is 12.2 Å². The molecule has 1 aromatic rings. The van der Waals surface area contributed by atoms with Crippen LogP contribution in [-0.4, -0.2) is 32.1 Å². The highest BCUT2D eigenvalue weighted by Crippen LogP contribution is 2.03. The third-order valence-corrected chi connectivity index (χ3v) is 1.44. The summed E-state index contributed by atoms with van der Waals surface area (Å²) in [6.07, 6.45) is 3.11. The first-order chi connectivity index (χ1) is 5.86.